The van der Waals surface area contributed by atoms with Gasteiger partial charge in [0.25, 0.3) is 0 Å². The van der Waals surface area contributed by atoms with Crippen LogP contribution in [-0.2, 0) is 4.79 Å². The summed E-state index contributed by atoms with van der Waals surface area (Å²) in [5, 5.41) is 18.9. The largest absolute Gasteiger partial charge is 0.480 e. The third kappa shape index (κ3) is 4.83. The lowest BCUT2D eigenvalue weighted by molar-refractivity contribution is -0.144. The third-order valence-electron chi connectivity index (χ3n) is 2.54. The summed E-state index contributed by atoms with van der Waals surface area (Å²) in [6.07, 6.45) is 3.15. The van der Waals surface area contributed by atoms with Gasteiger partial charge in [0.05, 0.1) is 12.4 Å². The van der Waals surface area contributed by atoms with Crippen molar-refractivity contribution >= 4 is 5.97 Å². The number of aromatic nitrogens is 3. The van der Waals surface area contributed by atoms with Gasteiger partial charge in [0.15, 0.2) is 0 Å². The molecule has 94 valence electrons. The van der Waals surface area contributed by atoms with Crippen LogP contribution in [0.25, 0.3) is 0 Å². The van der Waals surface area contributed by atoms with Gasteiger partial charge in [-0.05, 0) is 25.4 Å². The molecule has 1 fully saturated rings. The summed E-state index contributed by atoms with van der Waals surface area (Å²) in [5.41, 5.74) is 0. The minimum atomic E-state index is -0.723. The van der Waals surface area contributed by atoms with Gasteiger partial charge < -0.3 is 10.0 Å². The van der Waals surface area contributed by atoms with Crippen LogP contribution < -0.4 is 0 Å². The highest BCUT2D eigenvalue weighted by Crippen LogP contribution is 2.05. The topological polar surface area (TPSA) is 82.5 Å². The molecule has 7 nitrogen and oxygen atoms in total. The summed E-state index contributed by atoms with van der Waals surface area (Å²) in [6.45, 7) is 2.43. The van der Waals surface area contributed by atoms with Crippen LogP contribution in [0.3, 0.4) is 0 Å². The van der Waals surface area contributed by atoms with Gasteiger partial charge >= 0.3 is 5.97 Å². The van der Waals surface area contributed by atoms with Gasteiger partial charge in [0.2, 0.25) is 0 Å². The fourth-order valence-corrected chi connectivity index (χ4v) is 1.48. The highest BCUT2D eigenvalue weighted by molar-refractivity contribution is 5.73. The number of rotatable bonds is 1. The standard InChI is InChI=1S/C7H14N2O2.C3H3N3/c1-8-3-4-9(2)6(5-8)7(10)11;1-2-4-6-5-3-1/h6H,3-5H2,1-2H3,(H,10,11);1-3H. The number of likely N-dealkylation sites (N-methyl/N-ethyl adjacent to an activating group) is 2. The van der Waals surface area contributed by atoms with E-state index in [1.807, 2.05) is 23.9 Å². The maximum absolute atomic E-state index is 10.6. The number of carboxylic acids is 1. The number of carbonyl (C=O) groups is 1. The summed E-state index contributed by atoms with van der Waals surface area (Å²) >= 11 is 0. The van der Waals surface area contributed by atoms with Gasteiger partial charge in [0, 0.05) is 19.6 Å². The van der Waals surface area contributed by atoms with Gasteiger partial charge in [-0.2, -0.15) is 0 Å². The minimum absolute atomic E-state index is 0.325. The normalized spacial score (nSPS) is 21.4. The fourth-order valence-electron chi connectivity index (χ4n) is 1.48. The van der Waals surface area contributed by atoms with Crippen molar-refractivity contribution < 1.29 is 9.90 Å². The molecule has 1 atom stereocenters. The average molecular weight is 239 g/mol. The van der Waals surface area contributed by atoms with E-state index in [-0.39, 0.29) is 6.04 Å². The van der Waals surface area contributed by atoms with Crippen molar-refractivity contribution in [3.63, 3.8) is 0 Å². The van der Waals surface area contributed by atoms with Crippen molar-refractivity contribution in [3.8, 4) is 0 Å². The van der Waals surface area contributed by atoms with Crippen LogP contribution in [0.1, 0.15) is 0 Å². The molecule has 0 aromatic carbocycles. The van der Waals surface area contributed by atoms with Crippen LogP contribution in [0.15, 0.2) is 18.5 Å². The zero-order chi connectivity index (χ0) is 12.7. The molecule has 1 N–H and O–H groups in total. The van der Waals surface area contributed by atoms with Crippen molar-refractivity contribution in [2.45, 2.75) is 6.04 Å². The van der Waals surface area contributed by atoms with Gasteiger partial charge in [-0.15, -0.1) is 10.2 Å². The van der Waals surface area contributed by atoms with Crippen molar-refractivity contribution in [2.75, 3.05) is 33.7 Å². The first-order chi connectivity index (χ1) is 8.11. The van der Waals surface area contributed by atoms with Crippen LogP contribution in [-0.4, -0.2) is 76.1 Å². The molecule has 0 aliphatic carbocycles. The lowest BCUT2D eigenvalue weighted by Gasteiger charge is -2.34. The summed E-state index contributed by atoms with van der Waals surface area (Å²) in [7, 11) is 3.80. The molecule has 1 aliphatic rings. The second-order valence-electron chi connectivity index (χ2n) is 3.91. The van der Waals surface area contributed by atoms with Crippen molar-refractivity contribution in [1.29, 1.82) is 0 Å². The second-order valence-corrected chi connectivity index (χ2v) is 3.91. The van der Waals surface area contributed by atoms with Crippen molar-refractivity contribution in [2.24, 2.45) is 0 Å². The number of aliphatic carboxylic acids is 1. The van der Waals surface area contributed by atoms with E-state index < -0.39 is 5.97 Å². The van der Waals surface area contributed by atoms with Crippen molar-refractivity contribution in [1.82, 2.24) is 25.2 Å². The lowest BCUT2D eigenvalue weighted by Crippen LogP contribution is -2.53. The molecule has 2 heterocycles. The molecule has 2 rings (SSSR count). The van der Waals surface area contributed by atoms with E-state index in [1.54, 1.807) is 18.5 Å². The van der Waals surface area contributed by atoms with Gasteiger partial charge in [-0.25, -0.2) is 0 Å². The van der Waals surface area contributed by atoms with Crippen molar-refractivity contribution in [3.05, 3.63) is 18.5 Å². The van der Waals surface area contributed by atoms with Gasteiger partial charge in [-0.3, -0.25) is 9.69 Å². The van der Waals surface area contributed by atoms with Gasteiger partial charge in [0.1, 0.15) is 6.04 Å². The predicted octanol–water partition coefficient (Wildman–Crippen LogP) is -0.812. The summed E-state index contributed by atoms with van der Waals surface area (Å²) < 4.78 is 0. The zero-order valence-corrected chi connectivity index (χ0v) is 10.0. The van der Waals surface area contributed by atoms with E-state index in [9.17, 15) is 4.79 Å². The van der Waals surface area contributed by atoms with Crippen LogP contribution in [0.5, 0.6) is 0 Å². The Morgan fingerprint density at radius 2 is 1.94 bits per heavy atom. The molecule has 0 amide bonds. The van der Waals surface area contributed by atoms with Gasteiger partial charge in [-0.1, -0.05) is 0 Å². The molecular weight excluding hydrogens is 222 g/mol. The first-order valence-electron chi connectivity index (χ1n) is 5.31. The molecule has 1 aliphatic heterocycles. The SMILES string of the molecule is CN1CCN(C)C(C(=O)O)C1.c1cnnnc1. The smallest absolute Gasteiger partial charge is 0.322 e. The number of nitrogens with zero attached hydrogens (tertiary/aromatic N) is 5. The predicted molar refractivity (Wildman–Crippen MR) is 61.4 cm³/mol. The van der Waals surface area contributed by atoms with E-state index in [1.165, 1.54) is 0 Å². The Kier molecular flexibility index (Phi) is 5.44. The van der Waals surface area contributed by atoms with E-state index in [0.717, 1.165) is 13.1 Å². The molecule has 1 saturated heterocycles. The Morgan fingerprint density at radius 1 is 1.29 bits per heavy atom. The molecule has 0 saturated carbocycles. The third-order valence-corrected chi connectivity index (χ3v) is 2.54. The number of carboxylic acid groups (broad SMARTS) is 1. The first-order valence-corrected chi connectivity index (χ1v) is 5.31. The highest BCUT2D eigenvalue weighted by atomic mass is 16.4. The number of piperazine rings is 1. The molecule has 1 aromatic rings. The van der Waals surface area contributed by atoms with Crippen LogP contribution in [0, 0.1) is 0 Å². The Hall–Kier alpha value is -1.60. The Labute approximate surface area is 100 Å². The fraction of sp³-hybridized carbons (Fsp3) is 0.600. The molecule has 17 heavy (non-hydrogen) atoms. The Morgan fingerprint density at radius 3 is 2.29 bits per heavy atom. The summed E-state index contributed by atoms with van der Waals surface area (Å²) in [6, 6.07) is 1.39. The molecule has 0 bridgehead atoms. The molecule has 0 radical (unpaired) electrons. The second kappa shape index (κ2) is 6.87. The number of hydrogen-bond acceptors (Lipinski definition) is 6. The molecule has 0 spiro atoms. The maximum atomic E-state index is 10.6. The van der Waals surface area contributed by atoms with E-state index in [0.29, 0.717) is 6.54 Å². The molecule has 1 unspecified atom stereocenters. The Balaban J connectivity index is 0.000000202. The molecular formula is C10H17N5O2. The lowest BCUT2D eigenvalue weighted by atomic mass is 10.2. The maximum Gasteiger partial charge on any atom is 0.322 e. The average Bonchev–Trinajstić information content (AvgIpc) is 2.35. The number of hydrogen-bond donors (Lipinski definition) is 1. The molecule has 1 aromatic heterocycles. The monoisotopic (exact) mass is 239 g/mol. The van der Waals surface area contributed by atoms with E-state index in [4.69, 9.17) is 5.11 Å². The van der Waals surface area contributed by atoms with E-state index >= 15 is 0 Å². The summed E-state index contributed by atoms with van der Waals surface area (Å²) in [4.78, 5) is 14.6. The summed E-state index contributed by atoms with van der Waals surface area (Å²) in [5.74, 6) is -0.723. The first kappa shape index (κ1) is 13.5. The highest BCUT2D eigenvalue weighted by Gasteiger charge is 2.27. The van der Waals surface area contributed by atoms with E-state index in [2.05, 4.69) is 15.4 Å². The van der Waals surface area contributed by atoms with Crippen LogP contribution >= 0.6 is 0 Å². The minimum Gasteiger partial charge on any atom is -0.480 e. The quantitative estimate of drug-likeness (QED) is 0.686. The molecule has 7 heteroatoms. The zero-order valence-electron chi connectivity index (χ0n) is 10.0. The Bertz CT molecular complexity index is 308. The van der Waals surface area contributed by atoms with Crippen LogP contribution in [0.4, 0.5) is 0 Å². The van der Waals surface area contributed by atoms with Crippen LogP contribution in [0.2, 0.25) is 0 Å².